The normalized spacial score (nSPS) is 17.8. The van der Waals surface area contributed by atoms with Gasteiger partial charge in [0.1, 0.15) is 0 Å². The number of hydrogen-bond acceptors (Lipinski definition) is 4. The van der Waals surface area contributed by atoms with Gasteiger partial charge in [-0.25, -0.2) is 0 Å². The summed E-state index contributed by atoms with van der Waals surface area (Å²) in [6.07, 6.45) is 1.02. The van der Waals surface area contributed by atoms with Gasteiger partial charge in [0.05, 0.1) is 11.4 Å². The number of nitrogens with zero attached hydrogens (tertiary/aromatic N) is 2. The molecule has 1 aliphatic rings. The number of thiophene rings is 1. The lowest BCUT2D eigenvalue weighted by Crippen LogP contribution is -2.48. The second kappa shape index (κ2) is 7.34. The summed E-state index contributed by atoms with van der Waals surface area (Å²) in [5.41, 5.74) is 0. The number of Topliss-reactive ketones (excluding diaryl/α,β-unsaturated/α-hetero) is 1. The van der Waals surface area contributed by atoms with E-state index in [1.165, 1.54) is 11.4 Å². The molecule has 2 heterocycles. The molecule has 2 rings (SSSR count). The molecular weight excluding hydrogens is 268 g/mol. The van der Waals surface area contributed by atoms with Crippen molar-refractivity contribution in [2.45, 2.75) is 27.2 Å². The van der Waals surface area contributed by atoms with Crippen LogP contribution in [0.1, 0.15) is 35.3 Å². The first-order valence-electron chi connectivity index (χ1n) is 7.65. The number of aryl methyl sites for hydroxylation is 1. The maximum Gasteiger partial charge on any atom is 0.186 e. The van der Waals surface area contributed by atoms with Crippen molar-refractivity contribution in [3.63, 3.8) is 0 Å². The van der Waals surface area contributed by atoms with Crippen molar-refractivity contribution >= 4 is 17.1 Å². The fourth-order valence-electron chi connectivity index (χ4n) is 2.65. The molecule has 0 bridgehead atoms. The number of rotatable bonds is 6. The Balaban J connectivity index is 1.79. The third-order valence-corrected chi connectivity index (χ3v) is 5.01. The molecule has 1 aromatic rings. The van der Waals surface area contributed by atoms with Gasteiger partial charge in [0.25, 0.3) is 0 Å². The second-order valence-corrected chi connectivity index (χ2v) is 7.18. The molecule has 0 unspecified atom stereocenters. The van der Waals surface area contributed by atoms with Gasteiger partial charge in [-0.15, -0.1) is 11.3 Å². The molecule has 0 radical (unpaired) electrons. The highest BCUT2D eigenvalue weighted by Gasteiger charge is 2.20. The first-order chi connectivity index (χ1) is 9.58. The number of piperazine rings is 1. The van der Waals surface area contributed by atoms with Crippen LogP contribution in [0, 0.1) is 5.92 Å². The first-order valence-corrected chi connectivity index (χ1v) is 8.46. The van der Waals surface area contributed by atoms with E-state index in [2.05, 4.69) is 36.6 Å². The van der Waals surface area contributed by atoms with Gasteiger partial charge in [-0.05, 0) is 24.5 Å². The van der Waals surface area contributed by atoms with Gasteiger partial charge in [0, 0.05) is 37.6 Å². The Morgan fingerprint density at radius 1 is 1.20 bits per heavy atom. The molecule has 0 N–H and O–H groups in total. The van der Waals surface area contributed by atoms with E-state index in [9.17, 15) is 4.79 Å². The van der Waals surface area contributed by atoms with Crippen LogP contribution in [-0.2, 0) is 6.42 Å². The van der Waals surface area contributed by atoms with E-state index in [0.717, 1.165) is 43.4 Å². The summed E-state index contributed by atoms with van der Waals surface area (Å²) in [6, 6.07) is 4.07. The van der Waals surface area contributed by atoms with Crippen LogP contribution < -0.4 is 0 Å². The molecule has 20 heavy (non-hydrogen) atoms. The van der Waals surface area contributed by atoms with E-state index >= 15 is 0 Å². The zero-order chi connectivity index (χ0) is 14.5. The second-order valence-electron chi connectivity index (χ2n) is 6.01. The van der Waals surface area contributed by atoms with Crippen LogP contribution in [0.25, 0.3) is 0 Å². The Labute approximate surface area is 126 Å². The van der Waals surface area contributed by atoms with Crippen LogP contribution in [0.5, 0.6) is 0 Å². The third kappa shape index (κ3) is 4.40. The van der Waals surface area contributed by atoms with Gasteiger partial charge in [-0.2, -0.15) is 0 Å². The van der Waals surface area contributed by atoms with Crippen molar-refractivity contribution in [3.05, 3.63) is 21.9 Å². The van der Waals surface area contributed by atoms with E-state index in [1.54, 1.807) is 11.3 Å². The zero-order valence-corrected chi connectivity index (χ0v) is 13.7. The molecule has 112 valence electrons. The van der Waals surface area contributed by atoms with Crippen LogP contribution in [0.2, 0.25) is 0 Å². The van der Waals surface area contributed by atoms with Crippen LogP contribution >= 0.6 is 11.3 Å². The largest absolute Gasteiger partial charge is 0.301 e. The van der Waals surface area contributed by atoms with Crippen molar-refractivity contribution < 1.29 is 4.79 Å². The number of ketones is 1. The molecule has 1 fully saturated rings. The summed E-state index contributed by atoms with van der Waals surface area (Å²) < 4.78 is 0. The summed E-state index contributed by atoms with van der Waals surface area (Å²) in [6.45, 7) is 12.6. The number of carbonyl (C=O) groups excluding carboxylic acids is 1. The maximum absolute atomic E-state index is 12.3. The zero-order valence-electron chi connectivity index (χ0n) is 12.9. The lowest BCUT2D eigenvalue weighted by atomic mass is 10.2. The van der Waals surface area contributed by atoms with E-state index in [1.807, 2.05) is 6.07 Å². The van der Waals surface area contributed by atoms with Gasteiger partial charge in [-0.3, -0.25) is 9.69 Å². The first kappa shape index (κ1) is 15.7. The quantitative estimate of drug-likeness (QED) is 0.754. The molecule has 0 saturated carbocycles. The Kier molecular flexibility index (Phi) is 5.75. The van der Waals surface area contributed by atoms with E-state index in [0.29, 0.717) is 6.54 Å². The highest BCUT2D eigenvalue weighted by molar-refractivity contribution is 7.14. The molecule has 1 aromatic heterocycles. The number of hydrogen-bond donors (Lipinski definition) is 0. The van der Waals surface area contributed by atoms with E-state index in [4.69, 9.17) is 0 Å². The molecule has 0 amide bonds. The third-order valence-electron chi connectivity index (χ3n) is 3.74. The monoisotopic (exact) mass is 294 g/mol. The minimum atomic E-state index is 0.284. The predicted octanol–water partition coefficient (Wildman–Crippen LogP) is 2.77. The van der Waals surface area contributed by atoms with Gasteiger partial charge in [0.2, 0.25) is 0 Å². The molecule has 0 aromatic carbocycles. The van der Waals surface area contributed by atoms with Gasteiger partial charge >= 0.3 is 0 Å². The predicted molar refractivity (Wildman–Crippen MR) is 85.7 cm³/mol. The average Bonchev–Trinajstić information content (AvgIpc) is 2.89. The molecule has 3 nitrogen and oxygen atoms in total. The van der Waals surface area contributed by atoms with Crippen molar-refractivity contribution in [1.29, 1.82) is 0 Å². The molecule has 4 heteroatoms. The maximum atomic E-state index is 12.3. The fourth-order valence-corrected chi connectivity index (χ4v) is 3.52. The summed E-state index contributed by atoms with van der Waals surface area (Å²) in [5.74, 6) is 1.01. The molecular formula is C16H26N2OS. The smallest absolute Gasteiger partial charge is 0.186 e. The lowest BCUT2D eigenvalue weighted by molar-refractivity contribution is 0.0841. The highest BCUT2D eigenvalue weighted by atomic mass is 32.1. The van der Waals surface area contributed by atoms with Crippen LogP contribution in [0.15, 0.2) is 12.1 Å². The standard InChI is InChI=1S/C16H26N2OS/c1-4-14-5-6-16(20-14)15(19)12-18-9-7-17(8-10-18)11-13(2)3/h5-6,13H,4,7-12H2,1-3H3. The fraction of sp³-hybridized carbons (Fsp3) is 0.688. The van der Waals surface area contributed by atoms with Gasteiger partial charge < -0.3 is 4.90 Å². The molecule has 0 aliphatic carbocycles. The van der Waals surface area contributed by atoms with Crippen LogP contribution in [0.4, 0.5) is 0 Å². The molecule has 0 atom stereocenters. The summed E-state index contributed by atoms with van der Waals surface area (Å²) >= 11 is 1.65. The van der Waals surface area contributed by atoms with Crippen molar-refractivity contribution in [3.8, 4) is 0 Å². The summed E-state index contributed by atoms with van der Waals surface area (Å²) in [4.78, 5) is 19.3. The Bertz CT molecular complexity index is 433. The summed E-state index contributed by atoms with van der Waals surface area (Å²) in [7, 11) is 0. The Morgan fingerprint density at radius 3 is 2.40 bits per heavy atom. The number of carbonyl (C=O) groups is 1. The molecule has 1 aliphatic heterocycles. The highest BCUT2D eigenvalue weighted by Crippen LogP contribution is 2.18. The van der Waals surface area contributed by atoms with Crippen molar-refractivity contribution in [1.82, 2.24) is 9.80 Å². The van der Waals surface area contributed by atoms with Gasteiger partial charge in [-0.1, -0.05) is 20.8 Å². The van der Waals surface area contributed by atoms with Gasteiger partial charge in [0.15, 0.2) is 5.78 Å². The van der Waals surface area contributed by atoms with E-state index in [-0.39, 0.29) is 5.78 Å². The lowest BCUT2D eigenvalue weighted by Gasteiger charge is -2.35. The van der Waals surface area contributed by atoms with Crippen LogP contribution in [0.3, 0.4) is 0 Å². The summed E-state index contributed by atoms with van der Waals surface area (Å²) in [5, 5.41) is 0. The SMILES string of the molecule is CCc1ccc(C(=O)CN2CCN(CC(C)C)CC2)s1. The topological polar surface area (TPSA) is 23.6 Å². The minimum absolute atomic E-state index is 0.284. The van der Waals surface area contributed by atoms with Crippen molar-refractivity contribution in [2.75, 3.05) is 39.3 Å². The van der Waals surface area contributed by atoms with Crippen molar-refractivity contribution in [2.24, 2.45) is 5.92 Å². The Hall–Kier alpha value is -0.710. The van der Waals surface area contributed by atoms with E-state index < -0.39 is 0 Å². The minimum Gasteiger partial charge on any atom is -0.301 e. The average molecular weight is 294 g/mol. The molecule has 0 spiro atoms. The molecule has 1 saturated heterocycles. The van der Waals surface area contributed by atoms with Crippen LogP contribution in [-0.4, -0.2) is 54.9 Å². The Morgan fingerprint density at radius 2 is 1.85 bits per heavy atom.